The van der Waals surface area contributed by atoms with Gasteiger partial charge < -0.3 is 0 Å². The summed E-state index contributed by atoms with van der Waals surface area (Å²) in [5.74, 6) is 0. The minimum absolute atomic E-state index is 0. The molecule has 22 heavy (non-hydrogen) atoms. The second-order valence-corrected chi connectivity index (χ2v) is 4.30. The number of hydrogen-bond donors (Lipinski definition) is 0. The van der Waals surface area contributed by atoms with Crippen molar-refractivity contribution in [2.24, 2.45) is 0 Å². The number of rotatable bonds is 0. The molecule has 0 saturated heterocycles. The van der Waals surface area contributed by atoms with E-state index in [1.165, 1.54) is 10.8 Å². The van der Waals surface area contributed by atoms with Gasteiger partial charge in [0.1, 0.15) is 6.33 Å². The molecule has 0 aliphatic carbocycles. The highest BCUT2D eigenvalue weighted by atomic mass is 14.8. The van der Waals surface area contributed by atoms with Gasteiger partial charge in [0.05, 0.1) is 5.52 Å². The van der Waals surface area contributed by atoms with Crippen molar-refractivity contribution in [3.05, 3.63) is 79.5 Å². The zero-order valence-electron chi connectivity index (χ0n) is 10.8. The molecule has 0 atom stereocenters. The van der Waals surface area contributed by atoms with Crippen LogP contribution >= 0.6 is 0 Å². The van der Waals surface area contributed by atoms with E-state index in [1.807, 2.05) is 61.1 Å². The predicted octanol–water partition coefficient (Wildman–Crippen LogP) is 5.14. The maximum atomic E-state index is 4.07. The van der Waals surface area contributed by atoms with Gasteiger partial charge in [-0.15, -0.1) is 0 Å². The number of benzene rings is 2. The third-order valence-electron chi connectivity index (χ3n) is 2.96. The molecule has 0 aliphatic rings. The Hall–Kier alpha value is -2.81. The summed E-state index contributed by atoms with van der Waals surface area (Å²) in [6, 6.07) is 18.1. The van der Waals surface area contributed by atoms with E-state index in [0.29, 0.717) is 0 Å². The molecule has 4 rings (SSSR count). The molecule has 0 radical (unpaired) electrons. The number of fused-ring (bicyclic) bond motifs is 2. The van der Waals surface area contributed by atoms with Gasteiger partial charge in [-0.1, -0.05) is 57.3 Å². The van der Waals surface area contributed by atoms with Gasteiger partial charge in [0.2, 0.25) is 0 Å². The van der Waals surface area contributed by atoms with Crippen LogP contribution in [-0.2, 0) is 0 Å². The number of nitrogens with zero attached hydrogens (tertiary/aromatic N) is 3. The molecular weight excluding hydrogens is 270 g/mol. The van der Waals surface area contributed by atoms with Crippen LogP contribution in [-0.4, -0.2) is 15.0 Å². The Morgan fingerprint density at radius 1 is 0.591 bits per heavy atom. The first-order chi connectivity index (χ1) is 9.93. The molecule has 2 heterocycles. The minimum Gasteiger partial charge on any atom is -0.264 e. The van der Waals surface area contributed by atoms with Crippen LogP contribution in [0.2, 0.25) is 0 Å². The Balaban J connectivity index is 0.000000202. The highest BCUT2D eigenvalue weighted by Crippen LogP contribution is 2.09. The lowest BCUT2D eigenvalue weighted by atomic mass is 10.2. The molecule has 0 saturated carbocycles. The number of hydrogen-bond acceptors (Lipinski definition) is 3. The van der Waals surface area contributed by atoms with Gasteiger partial charge in [-0.05, 0) is 22.9 Å². The first kappa shape index (κ1) is 17.2. The Morgan fingerprint density at radius 3 is 1.95 bits per heavy atom. The molecule has 0 amide bonds. The summed E-state index contributed by atoms with van der Waals surface area (Å²) in [6.45, 7) is 0. The van der Waals surface area contributed by atoms with Crippen LogP contribution in [0.25, 0.3) is 21.7 Å². The summed E-state index contributed by atoms with van der Waals surface area (Å²) in [7, 11) is 0. The molecule has 0 unspecified atom stereocenters. The molecular formula is C19H21N3. The van der Waals surface area contributed by atoms with Crippen molar-refractivity contribution in [3.8, 4) is 0 Å². The molecule has 0 bridgehead atoms. The number of para-hydroxylation sites is 1. The van der Waals surface area contributed by atoms with Crippen molar-refractivity contribution in [2.45, 2.75) is 14.9 Å². The Morgan fingerprint density at radius 2 is 1.23 bits per heavy atom. The van der Waals surface area contributed by atoms with E-state index in [1.54, 1.807) is 6.33 Å². The van der Waals surface area contributed by atoms with Gasteiger partial charge in [-0.3, -0.25) is 4.98 Å². The van der Waals surface area contributed by atoms with Crippen molar-refractivity contribution in [3.63, 3.8) is 0 Å². The average Bonchev–Trinajstić information content (AvgIpc) is 2.56. The smallest absolute Gasteiger partial charge is 0.116 e. The standard InChI is InChI=1S/C9H7N.C8H6N2.2CH4/c1-2-4-9-7-10-6-5-8(9)3-1;1-2-4-8-7(3-1)5-9-6-10-8;;/h1-7H;1-6H;2*1H4. The van der Waals surface area contributed by atoms with Crippen molar-refractivity contribution in [1.82, 2.24) is 15.0 Å². The molecule has 0 aliphatic heterocycles. The summed E-state index contributed by atoms with van der Waals surface area (Å²) < 4.78 is 0. The van der Waals surface area contributed by atoms with Crippen molar-refractivity contribution < 1.29 is 0 Å². The molecule has 2 aromatic carbocycles. The van der Waals surface area contributed by atoms with Crippen LogP contribution in [0.15, 0.2) is 79.5 Å². The van der Waals surface area contributed by atoms with E-state index in [2.05, 4.69) is 27.1 Å². The lowest BCUT2D eigenvalue weighted by Crippen LogP contribution is -1.77. The van der Waals surface area contributed by atoms with Gasteiger partial charge in [-0.2, -0.15) is 0 Å². The molecule has 0 spiro atoms. The highest BCUT2D eigenvalue weighted by Gasteiger charge is 1.88. The van der Waals surface area contributed by atoms with E-state index < -0.39 is 0 Å². The van der Waals surface area contributed by atoms with Gasteiger partial charge in [0.25, 0.3) is 0 Å². The fourth-order valence-electron chi connectivity index (χ4n) is 1.95. The third-order valence-corrected chi connectivity index (χ3v) is 2.96. The van der Waals surface area contributed by atoms with Crippen LogP contribution in [0.1, 0.15) is 14.9 Å². The second-order valence-electron chi connectivity index (χ2n) is 4.30. The number of aromatic nitrogens is 3. The SMILES string of the molecule is C.C.c1ccc2cnccc2c1.c1ccc2ncncc2c1. The summed E-state index contributed by atoms with van der Waals surface area (Å²) in [5, 5.41) is 3.53. The van der Waals surface area contributed by atoms with E-state index in [9.17, 15) is 0 Å². The fraction of sp³-hybridized carbons (Fsp3) is 0.105. The quantitative estimate of drug-likeness (QED) is 0.450. The predicted molar refractivity (Wildman–Crippen MR) is 94.7 cm³/mol. The zero-order chi connectivity index (χ0) is 13.6. The van der Waals surface area contributed by atoms with E-state index >= 15 is 0 Å². The summed E-state index contributed by atoms with van der Waals surface area (Å²) in [5.41, 5.74) is 0.998. The monoisotopic (exact) mass is 291 g/mol. The fourth-order valence-corrected chi connectivity index (χ4v) is 1.95. The van der Waals surface area contributed by atoms with Crippen molar-refractivity contribution in [1.29, 1.82) is 0 Å². The molecule has 3 heteroatoms. The normalized spacial score (nSPS) is 9.09. The number of pyridine rings is 1. The maximum Gasteiger partial charge on any atom is 0.116 e. The largest absolute Gasteiger partial charge is 0.264 e. The Kier molecular flexibility index (Phi) is 6.64. The van der Waals surface area contributed by atoms with Crippen LogP contribution in [0.5, 0.6) is 0 Å². The van der Waals surface area contributed by atoms with Gasteiger partial charge >= 0.3 is 0 Å². The van der Waals surface area contributed by atoms with Gasteiger partial charge in [0.15, 0.2) is 0 Å². The van der Waals surface area contributed by atoms with Crippen LogP contribution in [0, 0.1) is 0 Å². The van der Waals surface area contributed by atoms with Crippen LogP contribution in [0.4, 0.5) is 0 Å². The molecule has 4 aromatic rings. The Bertz CT molecular complexity index is 626. The first-order valence-corrected chi connectivity index (χ1v) is 6.37. The van der Waals surface area contributed by atoms with Crippen LogP contribution in [0.3, 0.4) is 0 Å². The second kappa shape index (κ2) is 8.47. The summed E-state index contributed by atoms with van der Waals surface area (Å²) >= 11 is 0. The highest BCUT2D eigenvalue weighted by molar-refractivity contribution is 5.81. The van der Waals surface area contributed by atoms with Crippen molar-refractivity contribution in [2.75, 3.05) is 0 Å². The van der Waals surface area contributed by atoms with E-state index in [-0.39, 0.29) is 14.9 Å². The van der Waals surface area contributed by atoms with Crippen LogP contribution < -0.4 is 0 Å². The molecule has 112 valence electrons. The molecule has 2 aromatic heterocycles. The minimum atomic E-state index is 0. The lowest BCUT2D eigenvalue weighted by Gasteiger charge is -1.91. The summed E-state index contributed by atoms with van der Waals surface area (Å²) in [6.07, 6.45) is 7.04. The molecule has 3 nitrogen and oxygen atoms in total. The van der Waals surface area contributed by atoms with E-state index in [4.69, 9.17) is 0 Å². The summed E-state index contributed by atoms with van der Waals surface area (Å²) in [4.78, 5) is 12.0. The third kappa shape index (κ3) is 4.09. The van der Waals surface area contributed by atoms with Gasteiger partial charge in [0, 0.05) is 24.0 Å². The topological polar surface area (TPSA) is 38.7 Å². The van der Waals surface area contributed by atoms with Crippen molar-refractivity contribution >= 4 is 21.7 Å². The zero-order valence-corrected chi connectivity index (χ0v) is 10.8. The molecule has 0 N–H and O–H groups in total. The Labute approximate surface area is 131 Å². The first-order valence-electron chi connectivity index (χ1n) is 6.37. The maximum absolute atomic E-state index is 4.07. The van der Waals surface area contributed by atoms with E-state index in [0.717, 1.165) is 10.9 Å². The van der Waals surface area contributed by atoms with Gasteiger partial charge in [-0.25, -0.2) is 9.97 Å². The molecule has 0 fully saturated rings. The average molecular weight is 291 g/mol. The lowest BCUT2D eigenvalue weighted by molar-refractivity contribution is 1.22.